The number of nitrogens with zero attached hydrogens (tertiary/aromatic N) is 18. The molecule has 0 atom stereocenters. The monoisotopic (exact) mass is 1660 g/mol. The molecule has 30 heteroatoms. The maximum atomic E-state index is 14.3. The minimum atomic E-state index is -0.433. The van der Waals surface area contributed by atoms with Crippen molar-refractivity contribution in [3.63, 3.8) is 0 Å². The lowest BCUT2D eigenvalue weighted by atomic mass is 10.2. The van der Waals surface area contributed by atoms with E-state index in [1.54, 1.807) is 98.0 Å². The Kier molecular flexibility index (Phi) is 27.6. The Morgan fingerprint density at radius 1 is 0.420 bits per heavy atom. The van der Waals surface area contributed by atoms with E-state index in [0.717, 1.165) is 178 Å². The van der Waals surface area contributed by atoms with Crippen molar-refractivity contribution >= 4 is 56.8 Å². The summed E-state index contributed by atoms with van der Waals surface area (Å²) in [5.41, 5.74) is 13.8. The number of imidazole rings is 1. The number of thiazole rings is 3. The van der Waals surface area contributed by atoms with Gasteiger partial charge < -0.3 is 38.4 Å². The second-order valence-corrected chi connectivity index (χ2v) is 31.6. The van der Waals surface area contributed by atoms with Crippen molar-refractivity contribution in [1.29, 1.82) is 0 Å². The fourth-order valence-corrected chi connectivity index (χ4v) is 17.1. The number of morpholine rings is 3. The lowest BCUT2D eigenvalue weighted by Crippen LogP contribution is -2.36. The summed E-state index contributed by atoms with van der Waals surface area (Å²) in [7, 11) is 0. The molecule has 3 aliphatic rings. The van der Waals surface area contributed by atoms with Crippen molar-refractivity contribution in [3.8, 4) is 63.8 Å². The van der Waals surface area contributed by atoms with Gasteiger partial charge in [0.2, 0.25) is 0 Å². The van der Waals surface area contributed by atoms with Crippen LogP contribution in [0, 0.1) is 75.1 Å². The fraction of sp³-hybridized carbons (Fsp3) is 0.292. The van der Waals surface area contributed by atoms with E-state index in [1.807, 2.05) is 85.9 Å². The smallest absolute Gasteiger partial charge is 0.258 e. The Hall–Kier alpha value is -12.3. The summed E-state index contributed by atoms with van der Waals surface area (Å²) >= 11 is 4.52. The predicted octanol–water partition coefficient (Wildman–Crippen LogP) is 13.9. The van der Waals surface area contributed by atoms with Gasteiger partial charge in [-0.25, -0.2) is 44.3 Å². The van der Waals surface area contributed by atoms with Gasteiger partial charge in [-0.15, -0.1) is 0 Å². The predicted molar refractivity (Wildman–Crippen MR) is 472 cm³/mol. The molecule has 0 saturated carbocycles. The average molecular weight is 1660 g/mol. The zero-order chi connectivity index (χ0) is 84.0. The summed E-state index contributed by atoms with van der Waals surface area (Å²) in [4.78, 5) is 105. The maximum Gasteiger partial charge on any atom is 0.258 e. The van der Waals surface area contributed by atoms with E-state index in [4.69, 9.17) is 14.2 Å². The summed E-state index contributed by atoms with van der Waals surface area (Å²) in [5, 5.41) is 5.12. The first-order chi connectivity index (χ1) is 57.5. The molecule has 5 aromatic carbocycles. The van der Waals surface area contributed by atoms with Gasteiger partial charge in [-0.05, 0) is 198 Å². The molecule has 0 spiro atoms. The summed E-state index contributed by atoms with van der Waals surface area (Å²) < 4.78 is 40.0. The molecule has 119 heavy (non-hydrogen) atoms. The molecule has 0 aliphatic carbocycles. The van der Waals surface area contributed by atoms with Crippen molar-refractivity contribution in [2.24, 2.45) is 0 Å². The van der Waals surface area contributed by atoms with Crippen molar-refractivity contribution in [1.82, 2.24) is 67.3 Å². The van der Waals surface area contributed by atoms with Crippen LogP contribution in [-0.2, 0) is 14.2 Å². The standard InChI is InChI=1S/C20H21N3O2S.C19H20N4O2S.C19H22N4OS.C16H19N3O2.C15H13FN4O/c1-14-11-15(2)20(24)23(13-14)18-12-21-19(26-18)16-3-5-17(6-4-16)22-7-9-25-10-8-22;1-13-11-17(24)23(14(2)21-13)18-12-20-19(26-18)15-3-5-16(6-4-15)22-7-9-25-10-8-22;1-5-22(6-2)16-9-7-15(8-10-16)19-20-12-18(25-19)23-14(4)21-13(3)11-17(23)24;1-12-10-16(20)19(13(2)17-12)15-5-3-4-14(11-15)18-6-8-21-9-7-18;1-10-7-15(21)20(11(2)18-10)12-3-4-14(13(16)8-12)19-6-5-17-9-19/h3-6,11-13H,7-10H2,1-2H3;3-6,11-12H,7-10H2,1-2H3;7-12H,5-6H2,1-4H3;3-5,10-11H,6-9H2,1-2H3;3-9H,1-2H3. The Morgan fingerprint density at radius 2 is 0.798 bits per heavy atom. The first-order valence-corrected chi connectivity index (χ1v) is 41.7. The summed E-state index contributed by atoms with van der Waals surface area (Å²) in [6, 6.07) is 45.9. The second kappa shape index (κ2) is 38.8. The highest BCUT2D eigenvalue weighted by Crippen LogP contribution is 2.33. The molecule has 9 aromatic heterocycles. The zero-order valence-corrected chi connectivity index (χ0v) is 71.2. The Balaban J connectivity index is 0.000000129. The summed E-state index contributed by atoms with van der Waals surface area (Å²) in [6.07, 6.45) is 11.9. The molecule has 0 N–H and O–H groups in total. The topological polar surface area (TPSA) is 259 Å². The number of hydrogen-bond donors (Lipinski definition) is 0. The first-order valence-electron chi connectivity index (χ1n) is 39.3. The third-order valence-electron chi connectivity index (χ3n) is 20.0. The second-order valence-electron chi connectivity index (χ2n) is 28.6. The van der Waals surface area contributed by atoms with Crippen LogP contribution >= 0.6 is 34.0 Å². The number of hydrogen-bond acceptors (Lipinski definition) is 23. The number of halogens is 1. The Morgan fingerprint density at radius 3 is 1.20 bits per heavy atom. The van der Waals surface area contributed by atoms with Crippen molar-refractivity contribution in [2.75, 3.05) is 112 Å². The van der Waals surface area contributed by atoms with E-state index in [2.05, 4.69) is 152 Å². The molecule has 3 aliphatic heterocycles. The van der Waals surface area contributed by atoms with E-state index < -0.39 is 5.82 Å². The van der Waals surface area contributed by atoms with E-state index >= 15 is 0 Å². The number of benzene rings is 5. The third-order valence-corrected chi connectivity index (χ3v) is 23.1. The van der Waals surface area contributed by atoms with Gasteiger partial charge in [0.05, 0.1) is 81.6 Å². The van der Waals surface area contributed by atoms with Gasteiger partial charge in [0.25, 0.3) is 27.8 Å². The molecule has 0 unspecified atom stereocenters. The third kappa shape index (κ3) is 20.6. The molecule has 3 fully saturated rings. The van der Waals surface area contributed by atoms with E-state index in [9.17, 15) is 28.4 Å². The molecule has 17 rings (SSSR count). The molecule has 12 heterocycles. The molecular formula is C89H95FN18O8S3. The number of ether oxygens (including phenoxy) is 3. The minimum absolute atomic E-state index is 0.00784. The van der Waals surface area contributed by atoms with Crippen LogP contribution in [0.1, 0.15) is 71.0 Å². The quantitative estimate of drug-likeness (QED) is 0.0923. The van der Waals surface area contributed by atoms with Gasteiger partial charge in [-0.1, -0.05) is 40.1 Å². The summed E-state index contributed by atoms with van der Waals surface area (Å²) in [6.45, 7) is 34.7. The van der Waals surface area contributed by atoms with Gasteiger partial charge in [0, 0.05) is 169 Å². The molecule has 0 radical (unpaired) electrons. The maximum absolute atomic E-state index is 14.3. The Labute approximate surface area is 700 Å². The Bertz CT molecular complexity index is 6150. The number of anilines is 4. The van der Waals surface area contributed by atoms with Crippen LogP contribution in [-0.4, -0.2) is 159 Å². The van der Waals surface area contributed by atoms with Crippen molar-refractivity contribution in [3.05, 3.63) is 304 Å². The fourth-order valence-electron chi connectivity index (χ4n) is 14.3. The van der Waals surface area contributed by atoms with E-state index in [0.29, 0.717) is 40.4 Å². The molecule has 0 amide bonds. The van der Waals surface area contributed by atoms with Crippen LogP contribution in [0.4, 0.5) is 27.1 Å². The highest BCUT2D eigenvalue weighted by atomic mass is 32.1. The van der Waals surface area contributed by atoms with Gasteiger partial charge in [0.1, 0.15) is 59.1 Å². The number of aryl methyl sites for hydroxylation is 10. The van der Waals surface area contributed by atoms with Gasteiger partial charge >= 0.3 is 0 Å². The van der Waals surface area contributed by atoms with Gasteiger partial charge in [-0.2, -0.15) is 0 Å². The lowest BCUT2D eigenvalue weighted by Gasteiger charge is -2.29. The van der Waals surface area contributed by atoms with Crippen molar-refractivity contribution in [2.45, 2.75) is 83.1 Å². The number of pyridine rings is 1. The lowest BCUT2D eigenvalue weighted by molar-refractivity contribution is 0.122. The highest BCUT2D eigenvalue weighted by Gasteiger charge is 2.20. The van der Waals surface area contributed by atoms with Crippen LogP contribution in [0.3, 0.4) is 0 Å². The molecule has 614 valence electrons. The van der Waals surface area contributed by atoms with E-state index in [-0.39, 0.29) is 27.8 Å². The van der Waals surface area contributed by atoms with Crippen LogP contribution in [0.5, 0.6) is 0 Å². The normalized spacial score (nSPS) is 13.3. The largest absolute Gasteiger partial charge is 0.378 e. The number of rotatable bonds is 15. The molecular weight excluding hydrogens is 1560 g/mol. The highest BCUT2D eigenvalue weighted by molar-refractivity contribution is 7.18. The van der Waals surface area contributed by atoms with Gasteiger partial charge in [-0.3, -0.25) is 46.8 Å². The van der Waals surface area contributed by atoms with E-state index in [1.165, 1.54) is 74.1 Å². The molecule has 0 bridgehead atoms. The summed E-state index contributed by atoms with van der Waals surface area (Å²) in [5.74, 6) is 2.15. The molecule has 14 aromatic rings. The van der Waals surface area contributed by atoms with Crippen LogP contribution in [0.2, 0.25) is 0 Å². The first kappa shape index (κ1) is 84.6. The molecule has 26 nitrogen and oxygen atoms in total. The average Bonchev–Trinajstić information content (AvgIpc) is 1.63. The van der Waals surface area contributed by atoms with Crippen LogP contribution < -0.4 is 47.4 Å². The van der Waals surface area contributed by atoms with Crippen LogP contribution in [0.15, 0.2) is 213 Å². The molecule has 3 saturated heterocycles. The van der Waals surface area contributed by atoms with Gasteiger partial charge in [0.15, 0.2) is 0 Å². The SMILES string of the molecule is CCN(CC)c1ccc(-c2ncc(-n3c(C)nc(C)cc3=O)s2)cc1.Cc1cc(=O)n(-c2ccc(-n3ccnc3)c(F)c2)c(C)n1.Cc1cc(=O)n(-c2cccc(N3CCOCC3)c2)c(C)n1.Cc1cc(=O)n(-c2cnc(-c3ccc(N4CCOCC4)cc3)s2)c(C)n1.Cc1cc(C)c(=O)n(-c2cnc(-c3ccc(N4CCOCC4)cc3)s2)c1. The zero-order valence-electron chi connectivity index (χ0n) is 68.7. The number of aromatic nitrogens is 14. The van der Waals surface area contributed by atoms with Crippen molar-refractivity contribution < 1.29 is 18.6 Å². The minimum Gasteiger partial charge on any atom is -0.378 e. The van der Waals surface area contributed by atoms with Crippen LogP contribution in [0.25, 0.3) is 63.8 Å².